The second-order valence-corrected chi connectivity index (χ2v) is 14.5. The minimum absolute atomic E-state index is 0.117. The molecule has 2 aliphatic heterocycles. The summed E-state index contributed by atoms with van der Waals surface area (Å²) in [7, 11) is 2.84. The first kappa shape index (κ1) is 34.5. The van der Waals surface area contributed by atoms with E-state index < -0.39 is 46.8 Å². The number of phenols is 2. The van der Waals surface area contributed by atoms with Crippen molar-refractivity contribution in [2.45, 2.75) is 30.6 Å². The Labute approximate surface area is 311 Å². The highest BCUT2D eigenvalue weighted by Gasteiger charge is 2.70. The normalized spacial score (nSPS) is 26.2. The number of hydrogen-bond acceptors (Lipinski definition) is 8. The van der Waals surface area contributed by atoms with Gasteiger partial charge in [-0.05, 0) is 84.3 Å². The Bertz CT molecular complexity index is 2160. The summed E-state index contributed by atoms with van der Waals surface area (Å²) in [5.74, 6) is -4.98. The van der Waals surface area contributed by atoms with E-state index in [0.717, 1.165) is 11.1 Å². The highest BCUT2D eigenvalue weighted by Crippen LogP contribution is 2.65. The number of fused-ring (bicyclic) bond motifs is 4. The average Bonchev–Trinajstić information content (AvgIpc) is 3.55. The molecule has 4 amide bonds. The number of halogens is 1. The molecule has 4 aromatic rings. The number of methoxy groups -OCH3 is 2. The molecule has 10 nitrogen and oxygen atoms in total. The van der Waals surface area contributed by atoms with Gasteiger partial charge in [0, 0.05) is 17.5 Å². The lowest BCUT2D eigenvalue weighted by Crippen LogP contribution is -2.53. The van der Waals surface area contributed by atoms with Crippen molar-refractivity contribution >= 4 is 40.9 Å². The maximum absolute atomic E-state index is 15.4. The van der Waals surface area contributed by atoms with Gasteiger partial charge >= 0.3 is 0 Å². The quantitative estimate of drug-likeness (QED) is 0.162. The molecule has 11 heteroatoms. The highest BCUT2D eigenvalue weighted by molar-refractivity contribution is 6.32. The maximum Gasteiger partial charge on any atom is 0.246 e. The van der Waals surface area contributed by atoms with E-state index in [4.69, 9.17) is 21.1 Å². The monoisotopic (exact) mass is 732 g/mol. The number of ether oxygens (including phenoxy) is 2. The van der Waals surface area contributed by atoms with Crippen molar-refractivity contribution < 1.29 is 38.9 Å². The number of likely N-dealkylation sites (tertiary alicyclic amines) is 1. The molecule has 4 aromatic carbocycles. The van der Waals surface area contributed by atoms with E-state index in [1.807, 2.05) is 36.4 Å². The van der Waals surface area contributed by atoms with Crippen LogP contribution < -0.4 is 14.4 Å². The Morgan fingerprint density at radius 1 is 0.811 bits per heavy atom. The van der Waals surface area contributed by atoms with Crippen LogP contribution in [0.15, 0.2) is 103 Å². The minimum Gasteiger partial charge on any atom is -0.508 e. The number of amides is 4. The van der Waals surface area contributed by atoms with Crippen LogP contribution in [-0.2, 0) is 31.0 Å². The largest absolute Gasteiger partial charge is 0.508 e. The molecular weight excluding hydrogens is 696 g/mol. The van der Waals surface area contributed by atoms with E-state index in [1.54, 1.807) is 60.7 Å². The first-order valence-electron chi connectivity index (χ1n) is 17.6. The van der Waals surface area contributed by atoms with Crippen molar-refractivity contribution in [3.05, 3.63) is 124 Å². The van der Waals surface area contributed by atoms with E-state index >= 15 is 4.79 Å². The van der Waals surface area contributed by atoms with Gasteiger partial charge in [0.2, 0.25) is 29.4 Å². The Morgan fingerprint density at radius 2 is 1.51 bits per heavy atom. The lowest BCUT2D eigenvalue weighted by atomic mass is 9.49. The van der Waals surface area contributed by atoms with Crippen LogP contribution in [0.1, 0.15) is 35.4 Å². The number of imide groups is 2. The van der Waals surface area contributed by atoms with Crippen LogP contribution in [0.4, 0.5) is 5.69 Å². The number of carbonyl (C=O) groups is 4. The molecule has 0 aromatic heterocycles. The average molecular weight is 733 g/mol. The molecule has 0 bridgehead atoms. The highest BCUT2D eigenvalue weighted by atomic mass is 35.5. The molecule has 1 saturated carbocycles. The summed E-state index contributed by atoms with van der Waals surface area (Å²) in [6.07, 6.45) is 2.82. The number of allylic oxidation sites excluding steroid dienone is 2. The molecule has 3 fully saturated rings. The van der Waals surface area contributed by atoms with Gasteiger partial charge in [-0.15, -0.1) is 0 Å². The lowest BCUT2D eigenvalue weighted by Gasteiger charge is -2.50. The molecule has 2 saturated heterocycles. The third-order valence-corrected chi connectivity index (χ3v) is 11.9. The zero-order valence-electron chi connectivity index (χ0n) is 29.1. The third kappa shape index (κ3) is 5.22. The summed E-state index contributed by atoms with van der Waals surface area (Å²) in [4.78, 5) is 61.4. The fraction of sp³-hybridized carbons (Fsp3) is 0.286. The van der Waals surface area contributed by atoms with Crippen molar-refractivity contribution in [1.82, 2.24) is 4.90 Å². The summed E-state index contributed by atoms with van der Waals surface area (Å²) in [5.41, 5.74) is 1.65. The fourth-order valence-corrected chi connectivity index (χ4v) is 9.57. The van der Waals surface area contributed by atoms with Gasteiger partial charge < -0.3 is 19.7 Å². The molecule has 2 aliphatic carbocycles. The predicted molar refractivity (Wildman–Crippen MR) is 196 cm³/mol. The van der Waals surface area contributed by atoms with Gasteiger partial charge in [-0.25, -0.2) is 4.90 Å². The number of aromatic hydroxyl groups is 2. The smallest absolute Gasteiger partial charge is 0.246 e. The number of anilines is 1. The molecule has 2 heterocycles. The summed E-state index contributed by atoms with van der Waals surface area (Å²) >= 11 is 6.41. The number of hydrogen-bond donors (Lipinski definition) is 2. The Kier molecular flexibility index (Phi) is 8.53. The Balaban J connectivity index is 1.31. The van der Waals surface area contributed by atoms with Crippen LogP contribution in [0.25, 0.3) is 0 Å². The van der Waals surface area contributed by atoms with E-state index in [9.17, 15) is 24.6 Å². The van der Waals surface area contributed by atoms with Crippen LogP contribution in [0.2, 0.25) is 5.02 Å². The van der Waals surface area contributed by atoms with Crippen LogP contribution in [0, 0.1) is 23.7 Å². The van der Waals surface area contributed by atoms with Gasteiger partial charge in [0.15, 0.2) is 11.5 Å². The summed E-state index contributed by atoms with van der Waals surface area (Å²) < 4.78 is 11.2. The molecule has 6 unspecified atom stereocenters. The van der Waals surface area contributed by atoms with Crippen molar-refractivity contribution in [2.75, 3.05) is 25.7 Å². The van der Waals surface area contributed by atoms with Crippen LogP contribution >= 0.6 is 11.6 Å². The zero-order chi connectivity index (χ0) is 37.2. The molecule has 53 heavy (non-hydrogen) atoms. The first-order valence-corrected chi connectivity index (χ1v) is 17.9. The van der Waals surface area contributed by atoms with Crippen LogP contribution in [0.3, 0.4) is 0 Å². The third-order valence-electron chi connectivity index (χ3n) is 11.7. The number of rotatable bonds is 8. The standard InChI is InChI=1S/C42H37ClN2O8/c1-52-33-19-24(20-34(53-2)37(33)47)36-29-15-16-30-35(40(50)44(38(30)48)18-17-23-11-13-28(46)14-12-23)31(29)22-32-39(49)45(27-10-6-9-26(43)21-27)41(51)42(32,36)25-7-4-3-5-8-25/h3-15,19-21,30-32,35-36,46-47H,16-18,22H2,1-2H3. The van der Waals surface area contributed by atoms with Gasteiger partial charge in [-0.2, -0.15) is 0 Å². The number of carbonyl (C=O) groups excluding carboxylic acids is 4. The predicted octanol–water partition coefficient (Wildman–Crippen LogP) is 6.17. The second kappa shape index (κ2) is 13.1. The van der Waals surface area contributed by atoms with E-state index in [2.05, 4.69) is 0 Å². The van der Waals surface area contributed by atoms with Crippen molar-refractivity contribution in [3.8, 4) is 23.0 Å². The molecule has 0 spiro atoms. The lowest BCUT2D eigenvalue weighted by molar-refractivity contribution is -0.140. The van der Waals surface area contributed by atoms with Crippen molar-refractivity contribution in [2.24, 2.45) is 23.7 Å². The second-order valence-electron chi connectivity index (χ2n) is 14.1. The molecule has 6 atom stereocenters. The molecule has 270 valence electrons. The van der Waals surface area contributed by atoms with Crippen LogP contribution in [0.5, 0.6) is 23.0 Å². The van der Waals surface area contributed by atoms with Crippen molar-refractivity contribution in [3.63, 3.8) is 0 Å². The van der Waals surface area contributed by atoms with Gasteiger partial charge in [-0.3, -0.25) is 24.1 Å². The van der Waals surface area contributed by atoms with Gasteiger partial charge in [0.25, 0.3) is 0 Å². The molecule has 8 rings (SSSR count). The Morgan fingerprint density at radius 3 is 2.17 bits per heavy atom. The fourth-order valence-electron chi connectivity index (χ4n) is 9.39. The summed E-state index contributed by atoms with van der Waals surface area (Å²) in [6, 6.07) is 25.8. The van der Waals surface area contributed by atoms with Gasteiger partial charge in [0.05, 0.1) is 43.1 Å². The number of nitrogens with zero attached hydrogens (tertiary/aromatic N) is 2. The van der Waals surface area contributed by atoms with E-state index in [-0.39, 0.29) is 54.2 Å². The molecule has 2 N–H and O–H groups in total. The number of benzene rings is 4. The summed E-state index contributed by atoms with van der Waals surface area (Å²) in [5, 5.41) is 21.1. The number of phenolic OH excluding ortho intramolecular Hbond substituents is 2. The molecule has 0 radical (unpaired) electrons. The minimum atomic E-state index is -1.49. The topological polar surface area (TPSA) is 134 Å². The SMILES string of the molecule is COc1cc(C2C3=CCC4C(=O)N(CCc5ccc(O)cc5)C(=O)C4C3CC3C(=O)N(c4cccc(Cl)c4)C(=O)C32c2ccccc2)cc(OC)c1O. The maximum atomic E-state index is 15.4. The van der Waals surface area contributed by atoms with Gasteiger partial charge in [-0.1, -0.05) is 71.8 Å². The van der Waals surface area contributed by atoms with E-state index in [1.165, 1.54) is 24.0 Å². The van der Waals surface area contributed by atoms with E-state index in [0.29, 0.717) is 28.3 Å². The molecule has 4 aliphatic rings. The zero-order valence-corrected chi connectivity index (χ0v) is 29.8. The Hall–Kier alpha value is -5.61. The summed E-state index contributed by atoms with van der Waals surface area (Å²) in [6.45, 7) is 0.171. The van der Waals surface area contributed by atoms with Crippen LogP contribution in [-0.4, -0.2) is 59.5 Å². The first-order chi connectivity index (χ1) is 25.6. The van der Waals surface area contributed by atoms with Crippen molar-refractivity contribution in [1.29, 1.82) is 0 Å². The van der Waals surface area contributed by atoms with Gasteiger partial charge in [0.1, 0.15) is 5.75 Å². The molecular formula is C42H37ClN2O8.